The van der Waals surface area contributed by atoms with E-state index in [4.69, 9.17) is 11.6 Å². The molecule has 0 saturated carbocycles. The molecule has 0 fully saturated rings. The molecule has 0 spiro atoms. The number of carbonyl (C=O) groups excluding carboxylic acids is 1. The molecule has 182 valence electrons. The van der Waals surface area contributed by atoms with Gasteiger partial charge < -0.3 is 20.4 Å². The number of fused-ring (bicyclic) bond motifs is 1. The molecule has 1 aromatic heterocycles. The number of hydrogen-bond acceptors (Lipinski definition) is 5. The molecule has 0 radical (unpaired) electrons. The predicted molar refractivity (Wildman–Crippen MR) is 137 cm³/mol. The summed E-state index contributed by atoms with van der Waals surface area (Å²) in [6, 6.07) is 11.0. The quantitative estimate of drug-likeness (QED) is 0.411. The van der Waals surface area contributed by atoms with Crippen molar-refractivity contribution in [3.8, 4) is 17.0 Å². The number of rotatable bonds is 7. The van der Waals surface area contributed by atoms with Gasteiger partial charge in [-0.25, -0.2) is 9.78 Å². The number of carboxylic acid groups (broad SMARTS) is 1. The maximum Gasteiger partial charge on any atom is 0.340 e. The van der Waals surface area contributed by atoms with Crippen LogP contribution in [0.2, 0.25) is 5.02 Å². The molecule has 34 heavy (non-hydrogen) atoms. The first kappa shape index (κ1) is 27.1. The molecule has 1 heterocycles. The molecule has 0 saturated heterocycles. The van der Waals surface area contributed by atoms with Crippen LogP contribution in [0.5, 0.6) is 5.75 Å². The first-order valence-corrected chi connectivity index (χ1v) is 11.7. The van der Waals surface area contributed by atoms with E-state index < -0.39 is 11.7 Å². The Hall–Kier alpha value is -3.16. The first-order chi connectivity index (χ1) is 16.1. The van der Waals surface area contributed by atoms with Crippen molar-refractivity contribution in [3.63, 3.8) is 0 Å². The SMILES string of the molecule is CC(C)NC(=O)c1cccc2c(C(=O)O)c(O)c(-c3ccc(Cl)cc3)nc12.CCN(CC)CC. The fourth-order valence-corrected chi connectivity index (χ4v) is 3.62. The van der Waals surface area contributed by atoms with E-state index in [1.54, 1.807) is 36.4 Å². The van der Waals surface area contributed by atoms with Crippen molar-refractivity contribution in [2.24, 2.45) is 0 Å². The molecule has 7 nitrogen and oxygen atoms in total. The Balaban J connectivity index is 0.000000509. The highest BCUT2D eigenvalue weighted by atomic mass is 35.5. The number of carboxylic acids is 1. The minimum Gasteiger partial charge on any atom is -0.505 e. The summed E-state index contributed by atoms with van der Waals surface area (Å²) < 4.78 is 0. The van der Waals surface area contributed by atoms with E-state index in [1.165, 1.54) is 25.7 Å². The largest absolute Gasteiger partial charge is 0.505 e. The molecular formula is C26H32ClN3O4. The van der Waals surface area contributed by atoms with Gasteiger partial charge in [0.25, 0.3) is 5.91 Å². The van der Waals surface area contributed by atoms with Gasteiger partial charge in [-0.2, -0.15) is 0 Å². The highest BCUT2D eigenvalue weighted by molar-refractivity contribution is 6.30. The molecule has 3 N–H and O–H groups in total. The summed E-state index contributed by atoms with van der Waals surface area (Å²) in [4.78, 5) is 31.2. The number of carbonyl (C=O) groups is 2. The molecule has 3 aromatic rings. The molecule has 0 bridgehead atoms. The average molecular weight is 486 g/mol. The number of hydrogen-bond donors (Lipinski definition) is 3. The molecule has 0 aliphatic heterocycles. The number of amides is 1. The Morgan fingerprint density at radius 2 is 1.62 bits per heavy atom. The summed E-state index contributed by atoms with van der Waals surface area (Å²) in [5, 5.41) is 23.7. The lowest BCUT2D eigenvalue weighted by molar-refractivity contribution is 0.0695. The van der Waals surface area contributed by atoms with E-state index in [0.29, 0.717) is 10.6 Å². The monoisotopic (exact) mass is 485 g/mol. The Kier molecular flexibility index (Phi) is 9.83. The lowest BCUT2D eigenvalue weighted by Gasteiger charge is -2.14. The van der Waals surface area contributed by atoms with Crippen LogP contribution in [-0.4, -0.2) is 57.6 Å². The minimum absolute atomic E-state index is 0.0707. The van der Waals surface area contributed by atoms with Gasteiger partial charge in [-0.1, -0.05) is 56.6 Å². The normalized spacial score (nSPS) is 10.8. The van der Waals surface area contributed by atoms with Crippen LogP contribution in [0.4, 0.5) is 0 Å². The van der Waals surface area contributed by atoms with Crippen LogP contribution in [0.15, 0.2) is 42.5 Å². The second-order valence-electron chi connectivity index (χ2n) is 7.95. The van der Waals surface area contributed by atoms with Crippen LogP contribution < -0.4 is 5.32 Å². The van der Waals surface area contributed by atoms with E-state index in [9.17, 15) is 19.8 Å². The average Bonchev–Trinajstić information content (AvgIpc) is 2.79. The van der Waals surface area contributed by atoms with Gasteiger partial charge in [-0.05, 0) is 51.7 Å². The van der Waals surface area contributed by atoms with Gasteiger partial charge in [-0.3, -0.25) is 4.79 Å². The third-order valence-electron chi connectivity index (χ3n) is 5.33. The molecule has 0 unspecified atom stereocenters. The molecular weight excluding hydrogens is 454 g/mol. The lowest BCUT2D eigenvalue weighted by Crippen LogP contribution is -2.30. The summed E-state index contributed by atoms with van der Waals surface area (Å²) in [6.45, 7) is 13.8. The van der Waals surface area contributed by atoms with E-state index in [0.717, 1.165) is 0 Å². The Bertz CT molecular complexity index is 1140. The Labute approximate surface area is 205 Å². The van der Waals surface area contributed by atoms with Crippen molar-refractivity contribution in [2.45, 2.75) is 40.7 Å². The van der Waals surface area contributed by atoms with Gasteiger partial charge in [0, 0.05) is 22.0 Å². The zero-order chi connectivity index (χ0) is 25.4. The second kappa shape index (κ2) is 12.3. The van der Waals surface area contributed by atoms with Gasteiger partial charge in [0.2, 0.25) is 0 Å². The predicted octanol–water partition coefficient (Wildman–Crippen LogP) is 5.45. The van der Waals surface area contributed by atoms with Gasteiger partial charge >= 0.3 is 5.97 Å². The topological polar surface area (TPSA) is 103 Å². The summed E-state index contributed by atoms with van der Waals surface area (Å²) in [5.74, 6) is -2.14. The Morgan fingerprint density at radius 3 is 2.09 bits per heavy atom. The summed E-state index contributed by atoms with van der Waals surface area (Å²) in [7, 11) is 0. The highest BCUT2D eigenvalue weighted by Crippen LogP contribution is 2.36. The number of pyridine rings is 1. The number of para-hydroxylation sites is 1. The minimum atomic E-state index is -1.31. The number of nitrogens with zero attached hydrogens (tertiary/aromatic N) is 2. The fourth-order valence-electron chi connectivity index (χ4n) is 3.50. The van der Waals surface area contributed by atoms with Crippen molar-refractivity contribution >= 4 is 34.4 Å². The molecule has 8 heteroatoms. The number of aromatic hydroxyl groups is 1. The van der Waals surface area contributed by atoms with Crippen molar-refractivity contribution in [1.29, 1.82) is 0 Å². The van der Waals surface area contributed by atoms with Crippen molar-refractivity contribution in [3.05, 3.63) is 58.6 Å². The third-order valence-corrected chi connectivity index (χ3v) is 5.58. The molecule has 0 atom stereocenters. The van der Waals surface area contributed by atoms with Crippen molar-refractivity contribution < 1.29 is 19.8 Å². The van der Waals surface area contributed by atoms with E-state index in [-0.39, 0.29) is 39.7 Å². The number of nitrogens with one attached hydrogen (secondary N) is 1. The first-order valence-electron chi connectivity index (χ1n) is 11.3. The second-order valence-corrected chi connectivity index (χ2v) is 8.38. The van der Waals surface area contributed by atoms with Crippen LogP contribution in [0.3, 0.4) is 0 Å². The summed E-state index contributed by atoms with van der Waals surface area (Å²) in [5.41, 5.74) is 0.695. The van der Waals surface area contributed by atoms with Gasteiger partial charge in [0.1, 0.15) is 11.3 Å². The molecule has 0 aliphatic carbocycles. The highest BCUT2D eigenvalue weighted by Gasteiger charge is 2.23. The summed E-state index contributed by atoms with van der Waals surface area (Å²) >= 11 is 5.90. The fraction of sp³-hybridized carbons (Fsp3) is 0.346. The molecule has 1 amide bonds. The van der Waals surface area contributed by atoms with Crippen LogP contribution >= 0.6 is 11.6 Å². The maximum atomic E-state index is 12.5. The van der Waals surface area contributed by atoms with Crippen molar-refractivity contribution in [2.75, 3.05) is 19.6 Å². The molecule has 3 rings (SSSR count). The number of halogens is 1. The van der Waals surface area contributed by atoms with Crippen LogP contribution in [0, 0.1) is 0 Å². The molecule has 0 aliphatic rings. The molecule has 2 aromatic carbocycles. The van der Waals surface area contributed by atoms with Crippen LogP contribution in [0.25, 0.3) is 22.2 Å². The standard InChI is InChI=1S/C20H17ClN2O4.C6H15N/c1-10(2)22-19(25)14-5-3-4-13-15(20(26)27)18(24)16(23-17(13)14)11-6-8-12(21)9-7-11;1-4-7(5-2)6-3/h3-10,24H,1-2H3,(H,22,25)(H,26,27);4-6H2,1-3H3. The van der Waals surface area contributed by atoms with E-state index in [1.807, 2.05) is 13.8 Å². The smallest absolute Gasteiger partial charge is 0.340 e. The van der Waals surface area contributed by atoms with Crippen LogP contribution in [-0.2, 0) is 0 Å². The van der Waals surface area contributed by atoms with Gasteiger partial charge in [0.15, 0.2) is 5.75 Å². The maximum absolute atomic E-state index is 12.5. The Morgan fingerprint density at radius 1 is 1.03 bits per heavy atom. The lowest BCUT2D eigenvalue weighted by atomic mass is 9.99. The van der Waals surface area contributed by atoms with Gasteiger partial charge in [-0.15, -0.1) is 0 Å². The summed E-state index contributed by atoms with van der Waals surface area (Å²) in [6.07, 6.45) is 0. The zero-order valence-corrected chi connectivity index (χ0v) is 21.0. The zero-order valence-electron chi connectivity index (χ0n) is 20.2. The van der Waals surface area contributed by atoms with E-state index in [2.05, 4.69) is 36.0 Å². The third kappa shape index (κ3) is 6.46. The van der Waals surface area contributed by atoms with Gasteiger partial charge in [0.05, 0.1) is 11.1 Å². The van der Waals surface area contributed by atoms with Crippen molar-refractivity contribution in [1.82, 2.24) is 15.2 Å². The van der Waals surface area contributed by atoms with Crippen LogP contribution in [0.1, 0.15) is 55.3 Å². The van der Waals surface area contributed by atoms with E-state index >= 15 is 0 Å². The number of benzene rings is 2. The number of aromatic carboxylic acids is 1. The number of aromatic nitrogens is 1.